The molecule has 0 spiro atoms. The van der Waals surface area contributed by atoms with Gasteiger partial charge in [-0.3, -0.25) is 0 Å². The van der Waals surface area contributed by atoms with Crippen molar-refractivity contribution in [1.82, 2.24) is 0 Å². The van der Waals surface area contributed by atoms with Crippen LogP contribution in [0.1, 0.15) is 12.5 Å². The van der Waals surface area contributed by atoms with Crippen LogP contribution in [0.2, 0.25) is 0 Å². The van der Waals surface area contributed by atoms with E-state index in [9.17, 15) is 0 Å². The van der Waals surface area contributed by atoms with Crippen LogP contribution in [0.25, 0.3) is 4.91 Å². The number of halogens is 1. The predicted octanol–water partition coefficient (Wildman–Crippen LogP) is 5.20. The Labute approximate surface area is 125 Å². The Bertz CT molecular complexity index is 491. The summed E-state index contributed by atoms with van der Waals surface area (Å²) in [6.45, 7) is 2.51. The molecule has 1 aromatic rings. The summed E-state index contributed by atoms with van der Waals surface area (Å²) in [5.41, 5.74) is 2.73. The Balaban J connectivity index is 2.33. The second kappa shape index (κ2) is 6.04. The number of benzene rings is 1. The van der Waals surface area contributed by atoms with Gasteiger partial charge in [0.1, 0.15) is 5.75 Å². The van der Waals surface area contributed by atoms with E-state index in [-0.39, 0.29) is 6.69 Å². The van der Waals surface area contributed by atoms with E-state index < -0.39 is 0 Å². The van der Waals surface area contributed by atoms with Gasteiger partial charge >= 0.3 is 0 Å². The lowest BCUT2D eigenvalue weighted by molar-refractivity contribution is 0.415. The molecule has 1 aliphatic rings. The summed E-state index contributed by atoms with van der Waals surface area (Å²) in [6.07, 6.45) is 2.16. The van der Waals surface area contributed by atoms with E-state index in [2.05, 4.69) is 46.5 Å². The van der Waals surface area contributed by atoms with Crippen LogP contribution in [0.3, 0.4) is 0 Å². The lowest BCUT2D eigenvalue weighted by atomic mass is 10.1. The van der Waals surface area contributed by atoms with Gasteiger partial charge in [-0.25, -0.2) is 0 Å². The molecule has 1 aromatic carbocycles. The van der Waals surface area contributed by atoms with Crippen LogP contribution in [0.15, 0.2) is 29.8 Å². The van der Waals surface area contributed by atoms with E-state index in [0.29, 0.717) is 0 Å². The van der Waals surface area contributed by atoms with Crippen molar-refractivity contribution < 1.29 is 4.74 Å². The third-order valence-electron chi connectivity index (χ3n) is 2.49. The fourth-order valence-electron chi connectivity index (χ4n) is 1.61. The fraction of sp³-hybridized carbons (Fsp3) is 0.250. The molecule has 1 heterocycles. The summed E-state index contributed by atoms with van der Waals surface area (Å²) in [5, 5.41) is 0. The maximum Gasteiger partial charge on any atom is 0.118 e. The maximum atomic E-state index is 5.19. The molecule has 0 fully saturated rings. The van der Waals surface area contributed by atoms with Crippen molar-refractivity contribution >= 4 is 59.6 Å². The van der Waals surface area contributed by atoms with Crippen LogP contribution in [-0.4, -0.2) is 17.6 Å². The van der Waals surface area contributed by atoms with E-state index in [1.807, 2.05) is 34.7 Å². The minimum absolute atomic E-state index is 0.283. The third kappa shape index (κ3) is 2.88. The molecular formula is C12H13IOS3. The molecule has 0 aliphatic carbocycles. The van der Waals surface area contributed by atoms with Crippen LogP contribution in [-0.2, 0) is 0 Å². The fourth-order valence-corrected chi connectivity index (χ4v) is 10.5. The number of ether oxygens (including phenoxy) is 1. The lowest BCUT2D eigenvalue weighted by Gasteiger charge is -2.05. The minimum Gasteiger partial charge on any atom is -0.497 e. The molecule has 0 bridgehead atoms. The van der Waals surface area contributed by atoms with Gasteiger partial charge < -0.3 is 4.74 Å². The Kier molecular flexibility index (Phi) is 4.91. The van der Waals surface area contributed by atoms with Gasteiger partial charge in [0.15, 0.2) is 0 Å². The standard InChI is InChI=1S/C12H13IOS3/c1-8-11(16-17(13)12(8)15-3)9-4-6-10(14-2)7-5-9/h4-7H,1-3H3. The SMILES string of the molecule is COc1ccc(C2=C(C)C(SC)=S(I)S2)cc1. The largest absolute Gasteiger partial charge is 0.497 e. The van der Waals surface area contributed by atoms with Crippen molar-refractivity contribution in [1.29, 1.82) is 0 Å². The average molecular weight is 396 g/mol. The van der Waals surface area contributed by atoms with E-state index in [1.54, 1.807) is 7.11 Å². The smallest absolute Gasteiger partial charge is 0.118 e. The number of thioether (sulfide) groups is 1. The summed E-state index contributed by atoms with van der Waals surface area (Å²) in [4.78, 5) is 1.41. The number of hydrogen-bond acceptors (Lipinski definition) is 3. The molecule has 5 heteroatoms. The summed E-state index contributed by atoms with van der Waals surface area (Å²) < 4.78 is 6.71. The van der Waals surface area contributed by atoms with Crippen molar-refractivity contribution in [3.05, 3.63) is 35.4 Å². The zero-order valence-corrected chi connectivity index (χ0v) is 14.4. The van der Waals surface area contributed by atoms with Gasteiger partial charge in [-0.05, 0) is 43.1 Å². The molecular weight excluding hydrogens is 383 g/mol. The number of methoxy groups -OCH3 is 1. The monoisotopic (exact) mass is 396 g/mol. The Morgan fingerprint density at radius 3 is 2.41 bits per heavy atom. The predicted molar refractivity (Wildman–Crippen MR) is 93.3 cm³/mol. The van der Waals surface area contributed by atoms with Crippen LogP contribution in [0.4, 0.5) is 0 Å². The Morgan fingerprint density at radius 2 is 1.94 bits per heavy atom. The highest BCUT2D eigenvalue weighted by Crippen LogP contribution is 2.57. The number of hydrogen-bond donors (Lipinski definition) is 0. The van der Waals surface area contributed by atoms with Gasteiger partial charge in [0.2, 0.25) is 0 Å². The lowest BCUT2D eigenvalue weighted by Crippen LogP contribution is -1.90. The molecule has 0 saturated heterocycles. The first-order chi connectivity index (χ1) is 8.17. The van der Waals surface area contributed by atoms with E-state index in [4.69, 9.17) is 4.74 Å². The molecule has 1 unspecified atom stereocenters. The Morgan fingerprint density at radius 1 is 1.29 bits per heavy atom. The summed E-state index contributed by atoms with van der Waals surface area (Å²) >= 11 is 4.40. The highest BCUT2D eigenvalue weighted by Gasteiger charge is 2.21. The van der Waals surface area contributed by atoms with Crippen molar-refractivity contribution in [3.63, 3.8) is 0 Å². The van der Waals surface area contributed by atoms with Crippen molar-refractivity contribution in [2.75, 3.05) is 13.4 Å². The van der Waals surface area contributed by atoms with Crippen LogP contribution in [0.5, 0.6) is 5.75 Å². The van der Waals surface area contributed by atoms with Crippen molar-refractivity contribution in [2.45, 2.75) is 6.92 Å². The topological polar surface area (TPSA) is 9.23 Å². The van der Waals surface area contributed by atoms with Gasteiger partial charge in [-0.1, -0.05) is 22.9 Å². The van der Waals surface area contributed by atoms with E-state index in [1.165, 1.54) is 20.2 Å². The molecule has 92 valence electrons. The van der Waals surface area contributed by atoms with Gasteiger partial charge in [0.25, 0.3) is 0 Å². The van der Waals surface area contributed by atoms with Crippen molar-refractivity contribution in [3.8, 4) is 5.75 Å². The minimum atomic E-state index is 0.283. The highest BCUT2D eigenvalue weighted by atomic mass is 127. The molecule has 0 radical (unpaired) electrons. The quantitative estimate of drug-likeness (QED) is 0.386. The second-order valence-corrected chi connectivity index (χ2v) is 11.9. The van der Waals surface area contributed by atoms with E-state index >= 15 is 0 Å². The average Bonchev–Trinajstić information content (AvgIpc) is 2.64. The zero-order valence-electron chi connectivity index (χ0n) is 9.82. The third-order valence-corrected chi connectivity index (χ3v) is 11.2. The van der Waals surface area contributed by atoms with Gasteiger partial charge in [-0.15, -0.1) is 11.8 Å². The van der Waals surface area contributed by atoms with Crippen LogP contribution >= 0.6 is 50.4 Å². The first-order valence-corrected chi connectivity index (χ1v) is 11.4. The van der Waals surface area contributed by atoms with Gasteiger partial charge in [0.05, 0.1) is 11.3 Å². The first kappa shape index (κ1) is 13.8. The molecule has 0 saturated carbocycles. The molecule has 1 aliphatic heterocycles. The summed E-state index contributed by atoms with van der Waals surface area (Å²) in [7, 11) is 3.67. The molecule has 17 heavy (non-hydrogen) atoms. The molecule has 0 aromatic heterocycles. The normalized spacial score (nSPS) is 20.0. The van der Waals surface area contributed by atoms with Crippen LogP contribution in [0, 0.1) is 0 Å². The summed E-state index contributed by atoms with van der Waals surface area (Å²) in [5.74, 6) is 0.914. The molecule has 2 rings (SSSR count). The summed E-state index contributed by atoms with van der Waals surface area (Å²) in [6, 6.07) is 8.33. The molecule has 0 N–H and O–H groups in total. The highest BCUT2D eigenvalue weighted by molar-refractivity contribution is 14.2. The maximum absolute atomic E-state index is 5.19. The van der Waals surface area contributed by atoms with E-state index in [0.717, 1.165) is 5.75 Å². The molecule has 0 amide bonds. The molecule has 1 atom stereocenters. The second-order valence-electron chi connectivity index (χ2n) is 3.48. The van der Waals surface area contributed by atoms with Crippen molar-refractivity contribution in [2.24, 2.45) is 0 Å². The first-order valence-electron chi connectivity index (χ1n) is 5.03. The Hall–Kier alpha value is 0.410. The number of rotatable bonds is 2. The molecule has 1 nitrogen and oxygen atoms in total. The van der Waals surface area contributed by atoms with Crippen LogP contribution < -0.4 is 4.74 Å². The zero-order chi connectivity index (χ0) is 12.4. The van der Waals surface area contributed by atoms with Gasteiger partial charge in [0, 0.05) is 26.1 Å². The van der Waals surface area contributed by atoms with Gasteiger partial charge in [-0.2, -0.15) is 0 Å².